The van der Waals surface area contributed by atoms with Gasteiger partial charge in [0.05, 0.1) is 6.10 Å². The van der Waals surface area contributed by atoms with E-state index in [0.717, 1.165) is 23.0 Å². The van der Waals surface area contributed by atoms with Crippen LogP contribution in [-0.4, -0.2) is 23.0 Å². The van der Waals surface area contributed by atoms with Crippen molar-refractivity contribution in [2.45, 2.75) is 43.6 Å². The Morgan fingerprint density at radius 3 is 2.71 bits per heavy atom. The average molecular weight is 274 g/mol. The first-order chi connectivity index (χ1) is 8.04. The second-order valence-electron chi connectivity index (χ2n) is 4.10. The van der Waals surface area contributed by atoms with Gasteiger partial charge >= 0.3 is 0 Å². The molecule has 0 aliphatic carbocycles. The van der Waals surface area contributed by atoms with Crippen LogP contribution in [0.2, 0.25) is 5.02 Å². The van der Waals surface area contributed by atoms with E-state index in [1.54, 1.807) is 11.8 Å². The molecule has 2 nitrogen and oxygen atoms in total. The van der Waals surface area contributed by atoms with Gasteiger partial charge in [-0.3, -0.25) is 0 Å². The molecule has 0 aliphatic heterocycles. The van der Waals surface area contributed by atoms with Crippen molar-refractivity contribution in [1.82, 2.24) is 5.32 Å². The van der Waals surface area contributed by atoms with Crippen molar-refractivity contribution < 1.29 is 5.11 Å². The first-order valence-corrected chi connectivity index (χ1v) is 7.14. The maximum absolute atomic E-state index is 9.55. The Morgan fingerprint density at radius 2 is 2.12 bits per heavy atom. The Bertz CT molecular complexity index is 357. The van der Waals surface area contributed by atoms with Crippen LogP contribution in [0.4, 0.5) is 0 Å². The molecule has 1 aromatic carbocycles. The minimum Gasteiger partial charge on any atom is -0.392 e. The molecule has 2 N–H and O–H groups in total. The van der Waals surface area contributed by atoms with E-state index in [4.69, 9.17) is 11.6 Å². The fraction of sp³-hybridized carbons (Fsp3) is 0.538. The summed E-state index contributed by atoms with van der Waals surface area (Å²) < 4.78 is 0. The zero-order chi connectivity index (χ0) is 12.8. The third-order valence-electron chi connectivity index (χ3n) is 2.59. The van der Waals surface area contributed by atoms with Crippen LogP contribution in [0.1, 0.15) is 26.3 Å². The van der Waals surface area contributed by atoms with Crippen molar-refractivity contribution >= 4 is 23.4 Å². The van der Waals surface area contributed by atoms with Crippen LogP contribution >= 0.6 is 23.4 Å². The zero-order valence-electron chi connectivity index (χ0n) is 10.5. The molecule has 2 unspecified atom stereocenters. The Morgan fingerprint density at radius 1 is 1.41 bits per heavy atom. The number of nitrogens with one attached hydrogen (secondary N) is 1. The third kappa shape index (κ3) is 4.88. The van der Waals surface area contributed by atoms with Gasteiger partial charge < -0.3 is 10.4 Å². The fourth-order valence-electron chi connectivity index (χ4n) is 1.34. The van der Waals surface area contributed by atoms with E-state index < -0.39 is 0 Å². The molecule has 0 aliphatic rings. The molecule has 0 aromatic heterocycles. The topological polar surface area (TPSA) is 32.3 Å². The highest BCUT2D eigenvalue weighted by atomic mass is 35.5. The van der Waals surface area contributed by atoms with Crippen LogP contribution in [0, 0.1) is 0 Å². The summed E-state index contributed by atoms with van der Waals surface area (Å²) in [6, 6.07) is 5.92. The predicted octanol–water partition coefficient (Wildman–Crippen LogP) is 3.31. The molecular weight excluding hydrogens is 254 g/mol. The summed E-state index contributed by atoms with van der Waals surface area (Å²) in [6.07, 6.45) is -0.328. The molecule has 0 radical (unpaired) electrons. The number of benzene rings is 1. The van der Waals surface area contributed by atoms with Crippen LogP contribution in [0.5, 0.6) is 0 Å². The summed E-state index contributed by atoms with van der Waals surface area (Å²) in [7, 11) is 0. The van der Waals surface area contributed by atoms with Crippen molar-refractivity contribution in [2.24, 2.45) is 0 Å². The van der Waals surface area contributed by atoms with Crippen LogP contribution < -0.4 is 5.32 Å². The zero-order valence-corrected chi connectivity index (χ0v) is 12.1. The number of hydrogen-bond donors (Lipinski definition) is 2. The van der Waals surface area contributed by atoms with E-state index >= 15 is 0 Å². The molecule has 2 atom stereocenters. The van der Waals surface area contributed by atoms with Gasteiger partial charge in [0.25, 0.3) is 0 Å². The summed E-state index contributed by atoms with van der Waals surface area (Å²) in [4.78, 5) is 1.15. The summed E-state index contributed by atoms with van der Waals surface area (Å²) in [5.41, 5.74) is 1.23. The van der Waals surface area contributed by atoms with Crippen molar-refractivity contribution in [1.29, 1.82) is 0 Å². The van der Waals surface area contributed by atoms with E-state index in [9.17, 15) is 5.11 Å². The van der Waals surface area contributed by atoms with Gasteiger partial charge in [0.1, 0.15) is 0 Å². The van der Waals surface area contributed by atoms with Gasteiger partial charge in [-0.1, -0.05) is 31.5 Å². The molecule has 0 fully saturated rings. The number of thioether (sulfide) groups is 1. The largest absolute Gasteiger partial charge is 0.392 e. The molecule has 4 heteroatoms. The summed E-state index contributed by atoms with van der Waals surface area (Å²) >= 11 is 7.69. The first kappa shape index (κ1) is 14.8. The van der Waals surface area contributed by atoms with Gasteiger partial charge in [0, 0.05) is 21.7 Å². The van der Waals surface area contributed by atoms with Gasteiger partial charge in [-0.2, -0.15) is 0 Å². The standard InChI is InChI=1S/C13H20ClNOS/c1-4-15-8-11-5-6-12(14)7-13(11)17-10(3)9(2)16/h5-7,9-10,15-16H,4,8H2,1-3H3. The van der Waals surface area contributed by atoms with Gasteiger partial charge in [0.2, 0.25) is 0 Å². The molecular formula is C13H20ClNOS. The van der Waals surface area contributed by atoms with Crippen LogP contribution in [0.3, 0.4) is 0 Å². The monoisotopic (exact) mass is 273 g/mol. The maximum atomic E-state index is 9.55. The quantitative estimate of drug-likeness (QED) is 0.780. The molecule has 0 heterocycles. The third-order valence-corrected chi connectivity index (χ3v) is 4.22. The number of hydrogen-bond acceptors (Lipinski definition) is 3. The molecule has 0 bridgehead atoms. The van der Waals surface area contributed by atoms with Crippen LogP contribution in [0.25, 0.3) is 0 Å². The number of halogens is 1. The average Bonchev–Trinajstić information content (AvgIpc) is 2.28. The van der Waals surface area contributed by atoms with E-state index in [-0.39, 0.29) is 11.4 Å². The van der Waals surface area contributed by atoms with Crippen LogP contribution in [-0.2, 0) is 6.54 Å². The van der Waals surface area contributed by atoms with Gasteiger partial charge in [0.15, 0.2) is 0 Å². The van der Waals surface area contributed by atoms with Gasteiger partial charge in [-0.15, -0.1) is 11.8 Å². The van der Waals surface area contributed by atoms with Gasteiger partial charge in [-0.05, 0) is 31.2 Å². The van der Waals surface area contributed by atoms with Crippen molar-refractivity contribution in [2.75, 3.05) is 6.54 Å². The normalized spacial score (nSPS) is 14.6. The van der Waals surface area contributed by atoms with Crippen LogP contribution in [0.15, 0.2) is 23.1 Å². The Kier molecular flexibility index (Phi) is 6.34. The molecule has 17 heavy (non-hydrogen) atoms. The number of aliphatic hydroxyl groups is 1. The smallest absolute Gasteiger partial charge is 0.0631 e. The second-order valence-corrected chi connectivity index (χ2v) is 5.95. The van der Waals surface area contributed by atoms with E-state index in [2.05, 4.69) is 12.2 Å². The molecule has 0 amide bonds. The summed E-state index contributed by atoms with van der Waals surface area (Å²) in [6.45, 7) is 7.70. The lowest BCUT2D eigenvalue weighted by molar-refractivity contribution is 0.196. The molecule has 1 rings (SSSR count). The van der Waals surface area contributed by atoms with E-state index in [0.29, 0.717) is 0 Å². The molecule has 96 valence electrons. The summed E-state index contributed by atoms with van der Waals surface area (Å²) in [5, 5.41) is 13.8. The summed E-state index contributed by atoms with van der Waals surface area (Å²) in [5.74, 6) is 0. The van der Waals surface area contributed by atoms with Crippen molar-refractivity contribution in [3.63, 3.8) is 0 Å². The van der Waals surface area contributed by atoms with Crippen molar-refractivity contribution in [3.8, 4) is 0 Å². The highest BCUT2D eigenvalue weighted by molar-refractivity contribution is 8.00. The fourth-order valence-corrected chi connectivity index (χ4v) is 2.66. The van der Waals surface area contributed by atoms with E-state index in [1.807, 2.05) is 32.0 Å². The molecule has 0 spiro atoms. The highest BCUT2D eigenvalue weighted by Crippen LogP contribution is 2.30. The molecule has 0 saturated heterocycles. The Labute approximate surface area is 113 Å². The predicted molar refractivity (Wildman–Crippen MR) is 75.8 cm³/mol. The lowest BCUT2D eigenvalue weighted by Crippen LogP contribution is -2.16. The second kappa shape index (κ2) is 7.27. The highest BCUT2D eigenvalue weighted by Gasteiger charge is 2.13. The Hall–Kier alpha value is -0.220. The first-order valence-electron chi connectivity index (χ1n) is 5.88. The minimum absolute atomic E-state index is 0.161. The number of aliphatic hydroxyl groups excluding tert-OH is 1. The molecule has 0 saturated carbocycles. The lowest BCUT2D eigenvalue weighted by atomic mass is 10.2. The maximum Gasteiger partial charge on any atom is 0.0631 e. The van der Waals surface area contributed by atoms with Gasteiger partial charge in [-0.25, -0.2) is 0 Å². The van der Waals surface area contributed by atoms with Crippen molar-refractivity contribution in [3.05, 3.63) is 28.8 Å². The minimum atomic E-state index is -0.328. The Balaban J connectivity index is 2.82. The van der Waals surface area contributed by atoms with E-state index in [1.165, 1.54) is 5.56 Å². The molecule has 1 aromatic rings. The SMILES string of the molecule is CCNCc1ccc(Cl)cc1SC(C)C(C)O. The lowest BCUT2D eigenvalue weighted by Gasteiger charge is -2.17. The number of rotatable bonds is 6.